The molecule has 0 aliphatic heterocycles. The molecule has 2 aromatic rings. The van der Waals surface area contributed by atoms with E-state index in [0.717, 1.165) is 56.4 Å². The maximum atomic E-state index is 13.0. The van der Waals surface area contributed by atoms with E-state index in [1.807, 2.05) is 0 Å². The minimum absolute atomic E-state index is 0.135. The van der Waals surface area contributed by atoms with E-state index in [1.165, 1.54) is 16.2 Å². The number of amides is 2. The van der Waals surface area contributed by atoms with Crippen LogP contribution in [0.4, 0.5) is 18.3 Å². The van der Waals surface area contributed by atoms with Crippen LogP contribution in [0.1, 0.15) is 48.0 Å². The first kappa shape index (κ1) is 21.3. The van der Waals surface area contributed by atoms with Gasteiger partial charge in [0.15, 0.2) is 5.13 Å². The summed E-state index contributed by atoms with van der Waals surface area (Å²) < 4.78 is 38.4. The summed E-state index contributed by atoms with van der Waals surface area (Å²) in [7, 11) is 0. The van der Waals surface area contributed by atoms with Crippen LogP contribution in [0, 0.1) is 5.92 Å². The molecule has 1 heterocycles. The number of hydrogen-bond acceptors (Lipinski definition) is 4. The Balaban J connectivity index is 1.73. The van der Waals surface area contributed by atoms with Crippen molar-refractivity contribution in [3.63, 3.8) is 0 Å². The number of anilines is 1. The van der Waals surface area contributed by atoms with Crippen molar-refractivity contribution in [2.24, 2.45) is 5.92 Å². The Hall–Kier alpha value is -2.42. The zero-order valence-electron chi connectivity index (χ0n) is 15.7. The fourth-order valence-corrected chi connectivity index (χ4v) is 4.05. The molecule has 0 spiro atoms. The molecule has 0 atom stereocenters. The van der Waals surface area contributed by atoms with Crippen LogP contribution in [0.5, 0.6) is 0 Å². The van der Waals surface area contributed by atoms with Crippen molar-refractivity contribution in [2.75, 3.05) is 18.4 Å². The van der Waals surface area contributed by atoms with Crippen molar-refractivity contribution in [1.29, 1.82) is 0 Å². The Labute approximate surface area is 170 Å². The number of hydrogen-bond donors (Lipinski definition) is 1. The molecule has 5 nitrogen and oxygen atoms in total. The minimum Gasteiger partial charge on any atom is -0.329 e. The van der Waals surface area contributed by atoms with Gasteiger partial charge in [-0.05, 0) is 43.0 Å². The lowest BCUT2D eigenvalue weighted by Gasteiger charge is -2.29. The number of alkyl halides is 3. The number of aromatic nitrogens is 1. The number of thiazole rings is 1. The van der Waals surface area contributed by atoms with Gasteiger partial charge in [-0.25, -0.2) is 4.98 Å². The standard InChI is InChI=1S/C20H22F3N3O2S/c21-20(22,23)16-8-6-15(7-9-16)18(28)26(12-14-4-2-1-3-5-14)13-17(27)25-19-24-10-11-29-19/h6-11,14H,1-5,12-13H2,(H,24,25,27). The Morgan fingerprint density at radius 3 is 2.41 bits per heavy atom. The van der Waals surface area contributed by atoms with Crippen LogP contribution >= 0.6 is 11.3 Å². The van der Waals surface area contributed by atoms with Crippen LogP contribution in [0.15, 0.2) is 35.8 Å². The normalized spacial score (nSPS) is 15.1. The molecule has 156 valence electrons. The number of nitrogens with one attached hydrogen (secondary N) is 1. The van der Waals surface area contributed by atoms with Gasteiger partial charge < -0.3 is 10.2 Å². The molecule has 1 aliphatic carbocycles. The summed E-state index contributed by atoms with van der Waals surface area (Å²) >= 11 is 1.27. The average Bonchev–Trinajstić information content (AvgIpc) is 3.20. The topological polar surface area (TPSA) is 62.3 Å². The van der Waals surface area contributed by atoms with Crippen LogP contribution in [-0.2, 0) is 11.0 Å². The van der Waals surface area contributed by atoms with Gasteiger partial charge in [-0.3, -0.25) is 9.59 Å². The monoisotopic (exact) mass is 425 g/mol. The van der Waals surface area contributed by atoms with Crippen LogP contribution in [0.2, 0.25) is 0 Å². The second-order valence-corrected chi connectivity index (χ2v) is 8.04. The number of benzene rings is 1. The summed E-state index contributed by atoms with van der Waals surface area (Å²) in [5, 5.41) is 4.82. The summed E-state index contributed by atoms with van der Waals surface area (Å²) in [5.41, 5.74) is -0.676. The van der Waals surface area contributed by atoms with E-state index in [0.29, 0.717) is 11.7 Å². The predicted octanol–water partition coefficient (Wildman–Crippen LogP) is 4.82. The van der Waals surface area contributed by atoms with Gasteiger partial charge in [-0.1, -0.05) is 19.3 Å². The number of carbonyl (C=O) groups excluding carboxylic acids is 2. The minimum atomic E-state index is -4.46. The summed E-state index contributed by atoms with van der Waals surface area (Å²) in [6, 6.07) is 4.11. The fourth-order valence-electron chi connectivity index (χ4n) is 3.50. The molecule has 0 radical (unpaired) electrons. The lowest BCUT2D eigenvalue weighted by atomic mass is 9.89. The van der Waals surface area contributed by atoms with Gasteiger partial charge in [0.2, 0.25) is 5.91 Å². The molecule has 9 heteroatoms. The van der Waals surface area contributed by atoms with Gasteiger partial charge in [-0.15, -0.1) is 11.3 Å². The lowest BCUT2D eigenvalue weighted by Crippen LogP contribution is -2.41. The predicted molar refractivity (Wildman–Crippen MR) is 105 cm³/mol. The molecular weight excluding hydrogens is 403 g/mol. The molecule has 1 saturated carbocycles. The number of rotatable bonds is 6. The molecule has 0 bridgehead atoms. The van der Waals surface area contributed by atoms with Crippen molar-refractivity contribution < 1.29 is 22.8 Å². The first-order valence-corrected chi connectivity index (χ1v) is 10.4. The van der Waals surface area contributed by atoms with Crippen molar-refractivity contribution >= 4 is 28.3 Å². The molecule has 29 heavy (non-hydrogen) atoms. The van der Waals surface area contributed by atoms with E-state index in [1.54, 1.807) is 11.6 Å². The first-order chi connectivity index (χ1) is 13.8. The highest BCUT2D eigenvalue weighted by molar-refractivity contribution is 7.13. The third-order valence-corrected chi connectivity index (χ3v) is 5.65. The molecule has 1 aliphatic rings. The second-order valence-electron chi connectivity index (χ2n) is 7.15. The van der Waals surface area contributed by atoms with Gasteiger partial charge >= 0.3 is 6.18 Å². The Kier molecular flexibility index (Phi) is 6.89. The van der Waals surface area contributed by atoms with Gasteiger partial charge in [0.05, 0.1) is 5.56 Å². The van der Waals surface area contributed by atoms with Gasteiger partial charge in [0, 0.05) is 23.7 Å². The molecule has 1 aromatic carbocycles. The highest BCUT2D eigenvalue weighted by Crippen LogP contribution is 2.29. The molecule has 2 amide bonds. The maximum absolute atomic E-state index is 13.0. The molecule has 0 saturated heterocycles. The average molecular weight is 425 g/mol. The first-order valence-electron chi connectivity index (χ1n) is 9.49. The zero-order chi connectivity index (χ0) is 20.9. The summed E-state index contributed by atoms with van der Waals surface area (Å²) in [5.74, 6) is -0.538. The van der Waals surface area contributed by atoms with E-state index in [2.05, 4.69) is 10.3 Å². The molecule has 1 N–H and O–H groups in total. The summed E-state index contributed by atoms with van der Waals surface area (Å²) in [6.07, 6.45) is 2.38. The third kappa shape index (κ3) is 6.03. The Morgan fingerprint density at radius 2 is 1.83 bits per heavy atom. The quantitative estimate of drug-likeness (QED) is 0.722. The highest BCUT2D eigenvalue weighted by Gasteiger charge is 2.31. The number of nitrogens with zero attached hydrogens (tertiary/aromatic N) is 2. The van der Waals surface area contributed by atoms with E-state index in [4.69, 9.17) is 0 Å². The molecule has 0 unspecified atom stereocenters. The van der Waals surface area contributed by atoms with Crippen LogP contribution in [-0.4, -0.2) is 34.8 Å². The van der Waals surface area contributed by atoms with Crippen molar-refractivity contribution in [1.82, 2.24) is 9.88 Å². The van der Waals surface area contributed by atoms with Gasteiger partial charge in [0.1, 0.15) is 6.54 Å². The molecule has 1 fully saturated rings. The maximum Gasteiger partial charge on any atom is 0.416 e. The SMILES string of the molecule is O=C(CN(CC1CCCCC1)C(=O)c1ccc(C(F)(F)F)cc1)Nc1nccs1. The third-order valence-electron chi connectivity index (χ3n) is 4.96. The van der Waals surface area contributed by atoms with E-state index in [9.17, 15) is 22.8 Å². The molecular formula is C20H22F3N3O2S. The smallest absolute Gasteiger partial charge is 0.329 e. The van der Waals surface area contributed by atoms with Crippen LogP contribution in [0.25, 0.3) is 0 Å². The van der Waals surface area contributed by atoms with Crippen molar-refractivity contribution in [3.05, 3.63) is 47.0 Å². The van der Waals surface area contributed by atoms with E-state index in [-0.39, 0.29) is 23.9 Å². The van der Waals surface area contributed by atoms with Crippen LogP contribution < -0.4 is 5.32 Å². The molecule has 1 aromatic heterocycles. The van der Waals surface area contributed by atoms with E-state index >= 15 is 0 Å². The van der Waals surface area contributed by atoms with Crippen molar-refractivity contribution in [3.8, 4) is 0 Å². The zero-order valence-corrected chi connectivity index (χ0v) is 16.6. The largest absolute Gasteiger partial charge is 0.416 e. The Morgan fingerprint density at radius 1 is 1.14 bits per heavy atom. The lowest BCUT2D eigenvalue weighted by molar-refractivity contribution is -0.137. The summed E-state index contributed by atoms with van der Waals surface area (Å²) in [4.78, 5) is 30.8. The fraction of sp³-hybridized carbons (Fsp3) is 0.450. The molecule has 3 rings (SSSR count). The highest BCUT2D eigenvalue weighted by atomic mass is 32.1. The van der Waals surface area contributed by atoms with Crippen LogP contribution in [0.3, 0.4) is 0 Å². The summed E-state index contributed by atoms with van der Waals surface area (Å²) in [6.45, 7) is 0.237. The van der Waals surface area contributed by atoms with Gasteiger partial charge in [0.25, 0.3) is 5.91 Å². The van der Waals surface area contributed by atoms with Crippen molar-refractivity contribution in [2.45, 2.75) is 38.3 Å². The van der Waals surface area contributed by atoms with Gasteiger partial charge in [-0.2, -0.15) is 13.2 Å². The van der Waals surface area contributed by atoms with E-state index < -0.39 is 17.6 Å². The second kappa shape index (κ2) is 9.39. The Bertz CT molecular complexity index is 816. The number of carbonyl (C=O) groups is 2. The number of halogens is 3.